The summed E-state index contributed by atoms with van der Waals surface area (Å²) in [4.78, 5) is 16.7. The van der Waals surface area contributed by atoms with E-state index >= 15 is 0 Å². The van der Waals surface area contributed by atoms with Crippen molar-refractivity contribution in [1.29, 1.82) is 0 Å². The van der Waals surface area contributed by atoms with Crippen LogP contribution in [0.3, 0.4) is 0 Å². The SMILES string of the molecule is CC#C[C@@H](CC(=O)OCC)c1ccc(OCc2ccc3nc(-c4c(C)cc(OCCCSC)cc4C)nn3c2)cc1. The number of fused-ring (bicyclic) bond motifs is 1. The number of thioether (sulfide) groups is 1. The third-order valence-electron chi connectivity index (χ3n) is 6.57. The van der Waals surface area contributed by atoms with E-state index in [1.807, 2.05) is 54.4 Å². The molecule has 0 aliphatic heterocycles. The van der Waals surface area contributed by atoms with Crippen LogP contribution in [0.1, 0.15) is 54.9 Å². The molecule has 8 heteroatoms. The van der Waals surface area contributed by atoms with Crippen LogP contribution in [0.15, 0.2) is 54.7 Å². The molecule has 41 heavy (non-hydrogen) atoms. The van der Waals surface area contributed by atoms with Crippen molar-refractivity contribution < 1.29 is 19.0 Å². The van der Waals surface area contributed by atoms with E-state index in [9.17, 15) is 4.79 Å². The average Bonchev–Trinajstić information content (AvgIpc) is 3.37. The first-order valence-corrected chi connectivity index (χ1v) is 15.2. The van der Waals surface area contributed by atoms with E-state index in [-0.39, 0.29) is 18.3 Å². The van der Waals surface area contributed by atoms with Crippen LogP contribution in [-0.4, -0.2) is 45.8 Å². The van der Waals surface area contributed by atoms with Crippen LogP contribution in [0.4, 0.5) is 0 Å². The summed E-state index contributed by atoms with van der Waals surface area (Å²) in [5.41, 5.74) is 5.89. The molecule has 0 amide bonds. The van der Waals surface area contributed by atoms with Crippen molar-refractivity contribution in [3.8, 4) is 34.7 Å². The Morgan fingerprint density at radius 1 is 1.05 bits per heavy atom. The molecule has 0 saturated carbocycles. The molecule has 7 nitrogen and oxygen atoms in total. The predicted molar refractivity (Wildman–Crippen MR) is 165 cm³/mol. The number of aryl methyl sites for hydroxylation is 2. The Labute approximate surface area is 246 Å². The second-order valence-corrected chi connectivity index (χ2v) is 10.7. The highest BCUT2D eigenvalue weighted by Gasteiger charge is 2.16. The van der Waals surface area contributed by atoms with Gasteiger partial charge in [-0.25, -0.2) is 9.50 Å². The quantitative estimate of drug-likeness (QED) is 0.0994. The molecule has 2 aromatic heterocycles. The zero-order chi connectivity index (χ0) is 29.2. The molecule has 4 rings (SSSR count). The minimum Gasteiger partial charge on any atom is -0.494 e. The number of pyridine rings is 1. The maximum absolute atomic E-state index is 12.0. The summed E-state index contributed by atoms with van der Waals surface area (Å²) in [5, 5.41) is 4.78. The zero-order valence-electron chi connectivity index (χ0n) is 24.4. The number of hydrogen-bond acceptors (Lipinski definition) is 7. The molecule has 0 radical (unpaired) electrons. The van der Waals surface area contributed by atoms with Crippen molar-refractivity contribution in [2.24, 2.45) is 0 Å². The van der Waals surface area contributed by atoms with Gasteiger partial charge >= 0.3 is 5.97 Å². The highest BCUT2D eigenvalue weighted by molar-refractivity contribution is 7.98. The van der Waals surface area contributed by atoms with Crippen molar-refractivity contribution in [3.05, 3.63) is 77.0 Å². The fraction of sp³-hybridized carbons (Fsp3) is 0.364. The van der Waals surface area contributed by atoms with E-state index < -0.39 is 0 Å². The molecular weight excluding hydrogens is 534 g/mol. The second-order valence-electron chi connectivity index (χ2n) is 9.72. The minimum atomic E-state index is -0.249. The van der Waals surface area contributed by atoms with E-state index in [0.29, 0.717) is 25.6 Å². The molecule has 0 N–H and O–H groups in total. The highest BCUT2D eigenvalue weighted by atomic mass is 32.2. The number of benzene rings is 2. The van der Waals surface area contributed by atoms with Crippen LogP contribution in [-0.2, 0) is 16.1 Å². The van der Waals surface area contributed by atoms with Gasteiger partial charge in [0.1, 0.15) is 18.1 Å². The van der Waals surface area contributed by atoms with Gasteiger partial charge in [-0.1, -0.05) is 24.1 Å². The molecule has 0 spiro atoms. The highest BCUT2D eigenvalue weighted by Crippen LogP contribution is 2.30. The summed E-state index contributed by atoms with van der Waals surface area (Å²) in [6.07, 6.45) is 5.30. The van der Waals surface area contributed by atoms with Gasteiger partial charge in [0.15, 0.2) is 11.5 Å². The summed E-state index contributed by atoms with van der Waals surface area (Å²) in [6.45, 7) is 9.17. The number of esters is 1. The molecule has 2 heterocycles. The maximum atomic E-state index is 12.0. The average molecular weight is 572 g/mol. The molecular formula is C33H37N3O4S. The summed E-state index contributed by atoms with van der Waals surface area (Å²) in [6, 6.07) is 15.8. The van der Waals surface area contributed by atoms with Crippen molar-refractivity contribution in [2.45, 2.75) is 53.1 Å². The fourth-order valence-corrected chi connectivity index (χ4v) is 5.05. The van der Waals surface area contributed by atoms with Crippen molar-refractivity contribution in [3.63, 3.8) is 0 Å². The lowest BCUT2D eigenvalue weighted by molar-refractivity contribution is -0.143. The van der Waals surface area contributed by atoms with Crippen molar-refractivity contribution >= 4 is 23.4 Å². The number of ether oxygens (including phenoxy) is 3. The topological polar surface area (TPSA) is 75.0 Å². The summed E-state index contributed by atoms with van der Waals surface area (Å²) in [5.74, 6) is 8.95. The van der Waals surface area contributed by atoms with Gasteiger partial charge < -0.3 is 14.2 Å². The Bertz CT molecular complexity index is 1510. The second kappa shape index (κ2) is 14.6. The number of hydrogen-bond donors (Lipinski definition) is 0. The maximum Gasteiger partial charge on any atom is 0.307 e. The molecule has 0 saturated heterocycles. The number of aromatic nitrogens is 3. The van der Waals surface area contributed by atoms with Gasteiger partial charge in [0.25, 0.3) is 0 Å². The monoisotopic (exact) mass is 571 g/mol. The van der Waals surface area contributed by atoms with Crippen LogP contribution in [0, 0.1) is 25.7 Å². The molecule has 0 aliphatic rings. The van der Waals surface area contributed by atoms with Crippen LogP contribution < -0.4 is 9.47 Å². The molecule has 2 aromatic carbocycles. The molecule has 214 valence electrons. The van der Waals surface area contributed by atoms with E-state index in [2.05, 4.69) is 44.1 Å². The van der Waals surface area contributed by atoms with E-state index in [4.69, 9.17) is 24.3 Å². The number of carbonyl (C=O) groups is 1. The lowest BCUT2D eigenvalue weighted by Crippen LogP contribution is -2.09. The standard InChI is InChI=1S/C33H37N3O4S/c1-6-9-27(20-31(37)38-7-2)26-11-13-28(14-12-26)40-22-25-10-15-30-34-33(35-36(30)21-25)32-23(3)18-29(19-24(32)4)39-16-8-17-41-5/h10-15,18-19,21,27H,7-8,16-17,20,22H2,1-5H3/t27-/m0/s1. The third kappa shape index (κ3) is 8.05. The molecule has 4 aromatic rings. The first-order chi connectivity index (χ1) is 19.9. The van der Waals surface area contributed by atoms with Crippen LogP contribution in [0.2, 0.25) is 0 Å². The van der Waals surface area contributed by atoms with Crippen LogP contribution in [0.5, 0.6) is 11.5 Å². The van der Waals surface area contributed by atoms with E-state index in [0.717, 1.165) is 57.1 Å². The number of carbonyl (C=O) groups excluding carboxylic acids is 1. The van der Waals surface area contributed by atoms with Gasteiger partial charge in [-0.05, 0) is 93.1 Å². The largest absolute Gasteiger partial charge is 0.494 e. The Morgan fingerprint density at radius 2 is 1.80 bits per heavy atom. The number of rotatable bonds is 13. The smallest absolute Gasteiger partial charge is 0.307 e. The van der Waals surface area contributed by atoms with Crippen LogP contribution in [0.25, 0.3) is 17.0 Å². The third-order valence-corrected chi connectivity index (χ3v) is 7.26. The van der Waals surface area contributed by atoms with Crippen LogP contribution >= 0.6 is 11.8 Å². The minimum absolute atomic E-state index is 0.210. The van der Waals surface area contributed by atoms with E-state index in [1.165, 1.54) is 0 Å². The van der Waals surface area contributed by atoms with Gasteiger partial charge in [0.2, 0.25) is 0 Å². The van der Waals surface area contributed by atoms with Crippen molar-refractivity contribution in [1.82, 2.24) is 14.6 Å². The summed E-state index contributed by atoms with van der Waals surface area (Å²) >= 11 is 1.83. The van der Waals surface area contributed by atoms with Gasteiger partial charge in [-0.15, -0.1) is 11.0 Å². The molecule has 0 bridgehead atoms. The summed E-state index contributed by atoms with van der Waals surface area (Å²) < 4.78 is 18.9. The van der Waals surface area contributed by atoms with Gasteiger partial charge in [-0.2, -0.15) is 11.8 Å². The fourth-order valence-electron chi connectivity index (χ4n) is 4.65. The Hall–Kier alpha value is -3.96. The predicted octanol–water partition coefficient (Wildman–Crippen LogP) is 6.78. The summed E-state index contributed by atoms with van der Waals surface area (Å²) in [7, 11) is 0. The molecule has 0 fully saturated rings. The molecule has 0 aliphatic carbocycles. The lowest BCUT2D eigenvalue weighted by Gasteiger charge is -2.12. The Morgan fingerprint density at radius 3 is 2.49 bits per heavy atom. The van der Waals surface area contributed by atoms with E-state index in [1.54, 1.807) is 18.4 Å². The zero-order valence-corrected chi connectivity index (χ0v) is 25.2. The lowest BCUT2D eigenvalue weighted by atomic mass is 9.96. The molecule has 1 atom stereocenters. The Kier molecular flexibility index (Phi) is 10.7. The molecule has 0 unspecified atom stereocenters. The number of nitrogens with zero attached hydrogens (tertiary/aromatic N) is 3. The first-order valence-electron chi connectivity index (χ1n) is 13.8. The van der Waals surface area contributed by atoms with Gasteiger partial charge in [0, 0.05) is 17.3 Å². The Balaban J connectivity index is 1.42. The normalized spacial score (nSPS) is 11.5. The first kappa shape index (κ1) is 30.0. The van der Waals surface area contributed by atoms with Gasteiger partial charge in [0.05, 0.1) is 25.6 Å². The van der Waals surface area contributed by atoms with Gasteiger partial charge in [-0.3, -0.25) is 4.79 Å². The van der Waals surface area contributed by atoms with Crippen molar-refractivity contribution in [2.75, 3.05) is 25.2 Å².